The minimum absolute atomic E-state index is 0.178. The van der Waals surface area contributed by atoms with Crippen molar-refractivity contribution in [1.29, 1.82) is 0 Å². The first-order valence-corrected chi connectivity index (χ1v) is 9.94. The maximum atomic E-state index is 13.7. The molecule has 152 valence electrons. The highest BCUT2D eigenvalue weighted by molar-refractivity contribution is 5.55. The van der Waals surface area contributed by atoms with Gasteiger partial charge >= 0.3 is 0 Å². The fraction of sp³-hybridized carbons (Fsp3) is 0.409. The van der Waals surface area contributed by atoms with Crippen molar-refractivity contribution in [2.24, 2.45) is 0 Å². The predicted molar refractivity (Wildman–Crippen MR) is 109 cm³/mol. The number of likely N-dealkylation sites (N-methyl/N-ethyl adjacent to an activating group) is 1. The van der Waals surface area contributed by atoms with Crippen molar-refractivity contribution in [3.63, 3.8) is 0 Å². The lowest BCUT2D eigenvalue weighted by molar-refractivity contribution is -0.0255. The van der Waals surface area contributed by atoms with Crippen molar-refractivity contribution in [1.82, 2.24) is 24.6 Å². The molecule has 0 radical (unpaired) electrons. The number of ether oxygens (including phenoxy) is 1. The van der Waals surface area contributed by atoms with Gasteiger partial charge < -0.3 is 9.64 Å². The summed E-state index contributed by atoms with van der Waals surface area (Å²) in [5.41, 5.74) is 2.87. The van der Waals surface area contributed by atoms with Gasteiger partial charge in [0, 0.05) is 31.0 Å². The van der Waals surface area contributed by atoms with Crippen LogP contribution in [0.15, 0.2) is 42.7 Å². The number of benzene rings is 1. The topological polar surface area (TPSA) is 56.1 Å². The van der Waals surface area contributed by atoms with Crippen LogP contribution in [0.3, 0.4) is 0 Å². The van der Waals surface area contributed by atoms with E-state index in [1.54, 1.807) is 12.3 Å². The van der Waals surface area contributed by atoms with Gasteiger partial charge in [0.1, 0.15) is 11.9 Å². The molecule has 1 aliphatic rings. The smallest absolute Gasteiger partial charge is 0.181 e. The molecule has 0 amide bonds. The lowest BCUT2D eigenvalue weighted by Crippen LogP contribution is -2.35. The van der Waals surface area contributed by atoms with E-state index < -0.39 is 0 Å². The Hall–Kier alpha value is -2.64. The van der Waals surface area contributed by atoms with Crippen LogP contribution in [0.1, 0.15) is 42.8 Å². The van der Waals surface area contributed by atoms with Crippen LogP contribution in [0.25, 0.3) is 11.4 Å². The highest BCUT2D eigenvalue weighted by Gasteiger charge is 2.25. The van der Waals surface area contributed by atoms with E-state index in [0.29, 0.717) is 24.9 Å². The van der Waals surface area contributed by atoms with Crippen molar-refractivity contribution in [2.75, 3.05) is 26.7 Å². The zero-order chi connectivity index (χ0) is 20.4. The van der Waals surface area contributed by atoms with E-state index >= 15 is 0 Å². The summed E-state index contributed by atoms with van der Waals surface area (Å²) >= 11 is 0. The third-order valence-electron chi connectivity index (χ3n) is 5.15. The summed E-state index contributed by atoms with van der Waals surface area (Å²) in [5, 5.41) is 4.75. The fourth-order valence-electron chi connectivity index (χ4n) is 3.46. The van der Waals surface area contributed by atoms with E-state index in [1.165, 1.54) is 12.1 Å². The molecule has 2 aromatic heterocycles. The summed E-state index contributed by atoms with van der Waals surface area (Å²) in [4.78, 5) is 11.4. The molecular weight excluding hydrogens is 369 g/mol. The quantitative estimate of drug-likeness (QED) is 0.660. The molecular formula is C22H26FN5O. The van der Waals surface area contributed by atoms with Crippen molar-refractivity contribution in [2.45, 2.75) is 32.4 Å². The van der Waals surface area contributed by atoms with Crippen molar-refractivity contribution in [3.05, 3.63) is 65.5 Å². The highest BCUT2D eigenvalue weighted by Crippen LogP contribution is 2.26. The van der Waals surface area contributed by atoms with Crippen LogP contribution in [0.4, 0.5) is 4.39 Å². The van der Waals surface area contributed by atoms with Crippen LogP contribution in [0, 0.1) is 5.82 Å². The number of aromatic nitrogens is 4. The van der Waals surface area contributed by atoms with Crippen LogP contribution in [-0.2, 0) is 11.3 Å². The molecule has 0 spiro atoms. The summed E-state index contributed by atoms with van der Waals surface area (Å²) in [6.45, 7) is 6.99. The number of morpholine rings is 1. The third-order valence-corrected chi connectivity index (χ3v) is 5.15. The minimum atomic E-state index is -0.259. The fourth-order valence-corrected chi connectivity index (χ4v) is 3.46. The second-order valence-electron chi connectivity index (χ2n) is 7.86. The van der Waals surface area contributed by atoms with E-state index in [0.717, 1.165) is 35.6 Å². The molecule has 1 aliphatic heterocycles. The Morgan fingerprint density at radius 3 is 2.86 bits per heavy atom. The summed E-state index contributed by atoms with van der Waals surface area (Å²) in [7, 11) is 2.07. The lowest BCUT2D eigenvalue weighted by atomic mass is 10.0. The molecule has 0 bridgehead atoms. The second kappa shape index (κ2) is 8.39. The normalized spacial score (nSPS) is 17.8. The van der Waals surface area contributed by atoms with Crippen LogP contribution in [-0.4, -0.2) is 51.4 Å². The largest absolute Gasteiger partial charge is 0.367 e. The average Bonchev–Trinajstić information content (AvgIpc) is 3.12. The molecule has 1 atom stereocenters. The molecule has 0 N–H and O–H groups in total. The molecule has 0 aliphatic carbocycles. The Labute approximate surface area is 170 Å². The SMILES string of the molecule is CC(C)c1cncc(-c2nc(C3CN(C)CCO3)nn2Cc2cccc(F)c2)c1. The first kappa shape index (κ1) is 19.7. The van der Waals surface area contributed by atoms with Crippen LogP contribution >= 0.6 is 0 Å². The van der Waals surface area contributed by atoms with E-state index in [1.807, 2.05) is 16.9 Å². The van der Waals surface area contributed by atoms with Crippen molar-refractivity contribution in [3.8, 4) is 11.4 Å². The van der Waals surface area contributed by atoms with Gasteiger partial charge in [-0.15, -0.1) is 0 Å². The molecule has 1 saturated heterocycles. The Kier molecular flexibility index (Phi) is 5.69. The molecule has 3 heterocycles. The van der Waals surface area contributed by atoms with Gasteiger partial charge in [-0.2, -0.15) is 5.10 Å². The Morgan fingerprint density at radius 1 is 1.24 bits per heavy atom. The van der Waals surface area contributed by atoms with Gasteiger partial charge in [-0.3, -0.25) is 4.98 Å². The zero-order valence-electron chi connectivity index (χ0n) is 17.0. The van der Waals surface area contributed by atoms with Gasteiger partial charge in [-0.1, -0.05) is 26.0 Å². The Morgan fingerprint density at radius 2 is 2.10 bits per heavy atom. The number of pyridine rings is 1. The summed E-state index contributed by atoms with van der Waals surface area (Å²) in [5.74, 6) is 1.47. The molecule has 7 heteroatoms. The van der Waals surface area contributed by atoms with E-state index in [2.05, 4.69) is 36.8 Å². The van der Waals surface area contributed by atoms with Gasteiger partial charge in [0.2, 0.25) is 0 Å². The highest BCUT2D eigenvalue weighted by atomic mass is 19.1. The average molecular weight is 395 g/mol. The lowest BCUT2D eigenvalue weighted by Gasteiger charge is -2.28. The first-order chi connectivity index (χ1) is 14.0. The molecule has 4 rings (SSSR count). The Bertz CT molecular complexity index is 987. The summed E-state index contributed by atoms with van der Waals surface area (Å²) in [6.07, 6.45) is 3.50. The molecule has 1 fully saturated rings. The molecule has 29 heavy (non-hydrogen) atoms. The van der Waals surface area contributed by atoms with Crippen LogP contribution in [0.5, 0.6) is 0 Å². The molecule has 0 saturated carbocycles. The first-order valence-electron chi connectivity index (χ1n) is 9.94. The second-order valence-corrected chi connectivity index (χ2v) is 7.86. The Balaban J connectivity index is 1.74. The van der Waals surface area contributed by atoms with E-state index in [9.17, 15) is 4.39 Å². The number of nitrogens with zero attached hydrogens (tertiary/aromatic N) is 5. The number of halogens is 1. The van der Waals surface area contributed by atoms with Gasteiger partial charge in [-0.05, 0) is 42.3 Å². The van der Waals surface area contributed by atoms with Gasteiger partial charge in [0.25, 0.3) is 0 Å². The molecule has 1 unspecified atom stereocenters. The third kappa shape index (κ3) is 4.52. The van der Waals surface area contributed by atoms with Gasteiger partial charge in [0.05, 0.1) is 13.2 Å². The standard InChI is InChI=1S/C22H26FN5O/c1-15(2)17-10-18(12-24-11-17)22-25-21(20-14-27(3)7-8-29-20)26-28(22)13-16-5-4-6-19(23)9-16/h4-6,9-12,15,20H,7-8,13-14H2,1-3H3. The van der Waals surface area contributed by atoms with Gasteiger partial charge in [-0.25, -0.2) is 14.1 Å². The monoisotopic (exact) mass is 395 g/mol. The molecule has 3 aromatic rings. The number of hydrogen-bond donors (Lipinski definition) is 0. The molecule has 6 nitrogen and oxygen atoms in total. The van der Waals surface area contributed by atoms with Crippen molar-refractivity contribution >= 4 is 0 Å². The predicted octanol–water partition coefficient (Wildman–Crippen LogP) is 3.65. The van der Waals surface area contributed by atoms with Crippen molar-refractivity contribution < 1.29 is 9.13 Å². The minimum Gasteiger partial charge on any atom is -0.367 e. The van der Waals surface area contributed by atoms with Gasteiger partial charge in [0.15, 0.2) is 11.6 Å². The number of rotatable bonds is 5. The van der Waals surface area contributed by atoms with E-state index in [-0.39, 0.29) is 11.9 Å². The summed E-state index contributed by atoms with van der Waals surface area (Å²) in [6, 6.07) is 8.67. The molecule has 1 aromatic carbocycles. The van der Waals surface area contributed by atoms with Crippen LogP contribution < -0.4 is 0 Å². The number of hydrogen-bond acceptors (Lipinski definition) is 5. The zero-order valence-corrected chi connectivity index (χ0v) is 17.0. The van der Waals surface area contributed by atoms with Crippen LogP contribution in [0.2, 0.25) is 0 Å². The summed E-state index contributed by atoms with van der Waals surface area (Å²) < 4.78 is 21.4. The maximum absolute atomic E-state index is 13.7. The van der Waals surface area contributed by atoms with E-state index in [4.69, 9.17) is 14.8 Å². The maximum Gasteiger partial charge on any atom is 0.181 e.